The predicted molar refractivity (Wildman–Crippen MR) is 75.8 cm³/mol. The number of hydrogen-bond donors (Lipinski definition) is 2. The largest absolute Gasteiger partial charge is 0.381 e. The normalized spacial score (nSPS) is 23.8. The average Bonchev–Trinajstić information content (AvgIpc) is 2.49. The molecule has 0 aromatic carbocycles. The Labute approximate surface area is 125 Å². The number of amides is 2. The second-order valence-corrected chi connectivity index (χ2v) is 6.07. The molecule has 0 bridgehead atoms. The molecule has 1 aliphatic heterocycles. The molecule has 2 fully saturated rings. The molecule has 6 heteroatoms. The summed E-state index contributed by atoms with van der Waals surface area (Å²) in [7, 11) is 0. The molecular weight excluding hydrogens is 270 g/mol. The fourth-order valence-electron chi connectivity index (χ4n) is 3.34. The topological polar surface area (TPSA) is 105 Å². The Bertz CT molecular complexity index is 432. The lowest BCUT2D eigenvalue weighted by Gasteiger charge is -2.34. The summed E-state index contributed by atoms with van der Waals surface area (Å²) in [5.74, 6) is -1.79. The molecule has 6 nitrogen and oxygen atoms in total. The van der Waals surface area contributed by atoms with E-state index in [0.717, 1.165) is 32.1 Å². The van der Waals surface area contributed by atoms with Gasteiger partial charge in [0.2, 0.25) is 11.8 Å². The van der Waals surface area contributed by atoms with Gasteiger partial charge in [-0.05, 0) is 18.8 Å². The third kappa shape index (κ3) is 3.73. The van der Waals surface area contributed by atoms with Crippen LogP contribution >= 0.6 is 0 Å². The zero-order valence-electron chi connectivity index (χ0n) is 12.3. The van der Waals surface area contributed by atoms with Crippen LogP contribution in [0.5, 0.6) is 0 Å². The molecule has 0 aromatic rings. The van der Waals surface area contributed by atoms with Crippen molar-refractivity contribution in [3.05, 3.63) is 0 Å². The van der Waals surface area contributed by atoms with Crippen molar-refractivity contribution < 1.29 is 14.3 Å². The lowest BCUT2D eigenvalue weighted by molar-refractivity contribution is -0.137. The number of carbonyl (C=O) groups excluding carboxylic acids is 2. The maximum Gasteiger partial charge on any atom is 0.234 e. The maximum absolute atomic E-state index is 12.5. The van der Waals surface area contributed by atoms with E-state index < -0.39 is 23.3 Å². The molecule has 3 N–H and O–H groups in total. The van der Waals surface area contributed by atoms with Gasteiger partial charge in [-0.2, -0.15) is 5.26 Å². The van der Waals surface area contributed by atoms with Gasteiger partial charge < -0.3 is 15.8 Å². The second kappa shape index (κ2) is 6.90. The minimum absolute atomic E-state index is 0.00633. The number of nitrogens with zero attached hydrogens (tertiary/aromatic N) is 1. The summed E-state index contributed by atoms with van der Waals surface area (Å²) >= 11 is 0. The molecule has 1 aliphatic carbocycles. The van der Waals surface area contributed by atoms with Crippen LogP contribution in [0.4, 0.5) is 0 Å². The molecule has 21 heavy (non-hydrogen) atoms. The van der Waals surface area contributed by atoms with E-state index in [1.54, 1.807) is 0 Å². The van der Waals surface area contributed by atoms with Gasteiger partial charge in [0.1, 0.15) is 11.5 Å². The van der Waals surface area contributed by atoms with Gasteiger partial charge in [0.05, 0.1) is 6.07 Å². The molecule has 2 rings (SSSR count). The number of carbonyl (C=O) groups is 2. The molecule has 0 aromatic heterocycles. The van der Waals surface area contributed by atoms with Gasteiger partial charge in [-0.25, -0.2) is 0 Å². The van der Waals surface area contributed by atoms with E-state index in [4.69, 9.17) is 10.5 Å². The molecular formula is C15H23N3O3. The van der Waals surface area contributed by atoms with E-state index in [0.29, 0.717) is 26.1 Å². The van der Waals surface area contributed by atoms with Gasteiger partial charge in [-0.3, -0.25) is 9.59 Å². The van der Waals surface area contributed by atoms with Crippen molar-refractivity contribution in [1.29, 1.82) is 5.26 Å². The van der Waals surface area contributed by atoms with Crippen LogP contribution in [0.1, 0.15) is 44.9 Å². The van der Waals surface area contributed by atoms with Crippen LogP contribution in [0.2, 0.25) is 0 Å². The average molecular weight is 293 g/mol. The zero-order valence-corrected chi connectivity index (χ0v) is 12.3. The molecule has 1 heterocycles. The van der Waals surface area contributed by atoms with Gasteiger partial charge in [-0.15, -0.1) is 0 Å². The molecule has 1 saturated heterocycles. The van der Waals surface area contributed by atoms with Crippen molar-refractivity contribution in [1.82, 2.24) is 5.32 Å². The Balaban J connectivity index is 2.07. The van der Waals surface area contributed by atoms with Gasteiger partial charge in [0, 0.05) is 26.1 Å². The number of rotatable bonds is 4. The third-order valence-electron chi connectivity index (χ3n) is 4.63. The summed E-state index contributed by atoms with van der Waals surface area (Å²) in [5, 5.41) is 12.2. The van der Waals surface area contributed by atoms with E-state index >= 15 is 0 Å². The summed E-state index contributed by atoms with van der Waals surface area (Å²) in [6.07, 6.45) is 5.80. The van der Waals surface area contributed by atoms with Crippen LogP contribution in [-0.4, -0.2) is 30.6 Å². The quantitative estimate of drug-likeness (QED) is 0.750. The molecule has 116 valence electrons. The first kappa shape index (κ1) is 15.8. The van der Waals surface area contributed by atoms with Crippen LogP contribution in [0, 0.1) is 23.2 Å². The highest BCUT2D eigenvalue weighted by molar-refractivity contribution is 6.00. The summed E-state index contributed by atoms with van der Waals surface area (Å²) < 4.78 is 5.24. The lowest BCUT2D eigenvalue weighted by Crippen LogP contribution is -2.55. The summed E-state index contributed by atoms with van der Waals surface area (Å²) in [5.41, 5.74) is 4.53. The van der Waals surface area contributed by atoms with Gasteiger partial charge in [0.15, 0.2) is 0 Å². The van der Waals surface area contributed by atoms with Gasteiger partial charge in [0.25, 0.3) is 0 Å². The first-order valence-electron chi connectivity index (χ1n) is 7.68. The molecule has 0 spiro atoms. The van der Waals surface area contributed by atoms with E-state index in [2.05, 4.69) is 11.4 Å². The monoisotopic (exact) mass is 293 g/mol. The van der Waals surface area contributed by atoms with E-state index in [9.17, 15) is 14.9 Å². The molecule has 2 amide bonds. The standard InChI is InChI=1S/C15H23N3O3/c16-10-15(6-8-21-9-7-15)18-14(20)12(13(17)19)11-4-2-1-3-5-11/h11-12H,1-9H2,(H2,17,19)(H,18,20). The number of ether oxygens (including phenoxy) is 1. The molecule has 1 unspecified atom stereocenters. The Morgan fingerprint density at radius 1 is 1.24 bits per heavy atom. The number of primary amides is 1. The van der Waals surface area contributed by atoms with Crippen molar-refractivity contribution in [2.75, 3.05) is 13.2 Å². The first-order chi connectivity index (χ1) is 10.1. The minimum Gasteiger partial charge on any atom is -0.381 e. The molecule has 0 radical (unpaired) electrons. The predicted octanol–water partition coefficient (Wildman–Crippen LogP) is 0.857. The fourth-order valence-corrected chi connectivity index (χ4v) is 3.34. The number of nitrogens with two attached hydrogens (primary N) is 1. The Kier molecular flexibility index (Phi) is 5.18. The Hall–Kier alpha value is -1.61. The number of nitriles is 1. The van der Waals surface area contributed by atoms with Crippen LogP contribution in [0.25, 0.3) is 0 Å². The maximum atomic E-state index is 12.5. The highest BCUT2D eigenvalue weighted by atomic mass is 16.5. The summed E-state index contributed by atoms with van der Waals surface area (Å²) in [6, 6.07) is 2.18. The number of nitrogens with one attached hydrogen (secondary N) is 1. The minimum atomic E-state index is -0.919. The first-order valence-corrected chi connectivity index (χ1v) is 7.68. The summed E-state index contributed by atoms with van der Waals surface area (Å²) in [4.78, 5) is 24.2. The molecule has 1 atom stereocenters. The number of hydrogen-bond acceptors (Lipinski definition) is 4. The van der Waals surface area contributed by atoms with Crippen molar-refractivity contribution in [3.63, 3.8) is 0 Å². The highest BCUT2D eigenvalue weighted by Gasteiger charge is 2.40. The van der Waals surface area contributed by atoms with Gasteiger partial charge in [-0.1, -0.05) is 19.3 Å². The second-order valence-electron chi connectivity index (χ2n) is 6.07. The SMILES string of the molecule is N#CC1(NC(=O)C(C(N)=O)C2CCCCC2)CCOCC1. The Morgan fingerprint density at radius 2 is 1.86 bits per heavy atom. The van der Waals surface area contributed by atoms with Crippen molar-refractivity contribution >= 4 is 11.8 Å². The lowest BCUT2D eigenvalue weighted by atomic mass is 9.78. The van der Waals surface area contributed by atoms with Crippen molar-refractivity contribution in [3.8, 4) is 6.07 Å². The van der Waals surface area contributed by atoms with Crippen LogP contribution in [-0.2, 0) is 14.3 Å². The van der Waals surface area contributed by atoms with E-state index in [1.807, 2.05) is 0 Å². The molecule has 2 aliphatic rings. The summed E-state index contributed by atoms with van der Waals surface area (Å²) in [6.45, 7) is 0.886. The Morgan fingerprint density at radius 3 is 2.38 bits per heavy atom. The van der Waals surface area contributed by atoms with Crippen LogP contribution in [0.3, 0.4) is 0 Å². The highest BCUT2D eigenvalue weighted by Crippen LogP contribution is 2.31. The van der Waals surface area contributed by atoms with E-state index in [-0.39, 0.29) is 5.92 Å². The smallest absolute Gasteiger partial charge is 0.234 e. The molecule has 1 saturated carbocycles. The van der Waals surface area contributed by atoms with Crippen molar-refractivity contribution in [2.24, 2.45) is 17.6 Å². The van der Waals surface area contributed by atoms with Crippen molar-refractivity contribution in [2.45, 2.75) is 50.5 Å². The van der Waals surface area contributed by atoms with Crippen LogP contribution in [0.15, 0.2) is 0 Å². The zero-order chi connectivity index (χ0) is 15.3. The van der Waals surface area contributed by atoms with Gasteiger partial charge >= 0.3 is 0 Å². The third-order valence-corrected chi connectivity index (χ3v) is 4.63. The fraction of sp³-hybridized carbons (Fsp3) is 0.800. The van der Waals surface area contributed by atoms with E-state index in [1.165, 1.54) is 0 Å². The van der Waals surface area contributed by atoms with Crippen LogP contribution < -0.4 is 11.1 Å².